The van der Waals surface area contributed by atoms with Crippen molar-refractivity contribution in [2.24, 2.45) is 0 Å². The van der Waals surface area contributed by atoms with E-state index >= 15 is 0 Å². The molecule has 5 nitrogen and oxygen atoms in total. The maximum atomic E-state index is 11.9. The minimum atomic E-state index is -0.372. The molecule has 0 fully saturated rings. The minimum absolute atomic E-state index is 0.0712. The Bertz CT molecular complexity index is 491. The first-order valence-corrected chi connectivity index (χ1v) is 8.02. The Morgan fingerprint density at radius 3 is 2.86 bits per heavy atom. The second kappa shape index (κ2) is 8.15. The topological polar surface area (TPSA) is 55.8 Å². The van der Waals surface area contributed by atoms with Gasteiger partial charge in [-0.25, -0.2) is 4.79 Å². The van der Waals surface area contributed by atoms with Gasteiger partial charge in [-0.3, -0.25) is 4.90 Å². The number of carbonyl (C=O) groups is 1. The number of nitrogens with zero attached hydrogens (tertiary/aromatic N) is 2. The van der Waals surface area contributed by atoms with Crippen LogP contribution in [-0.4, -0.2) is 60.3 Å². The second-order valence-corrected chi connectivity index (χ2v) is 6.09. The zero-order valence-corrected chi connectivity index (χ0v) is 13.6. The van der Waals surface area contributed by atoms with Gasteiger partial charge in [0.15, 0.2) is 0 Å². The van der Waals surface area contributed by atoms with Crippen LogP contribution in [0.2, 0.25) is 0 Å². The van der Waals surface area contributed by atoms with Gasteiger partial charge in [0.1, 0.15) is 0 Å². The van der Waals surface area contributed by atoms with Crippen molar-refractivity contribution < 1.29 is 9.90 Å². The molecule has 0 aliphatic carbocycles. The highest BCUT2D eigenvalue weighted by Crippen LogP contribution is 2.17. The van der Waals surface area contributed by atoms with E-state index in [4.69, 9.17) is 0 Å². The van der Waals surface area contributed by atoms with Gasteiger partial charge in [-0.15, -0.1) is 0 Å². The van der Waals surface area contributed by atoms with Crippen LogP contribution in [0.4, 0.5) is 4.79 Å². The fourth-order valence-corrected chi connectivity index (χ4v) is 2.68. The molecule has 1 aromatic carbocycles. The molecule has 1 aromatic rings. The van der Waals surface area contributed by atoms with E-state index in [1.807, 2.05) is 0 Å². The average Bonchev–Trinajstić information content (AvgIpc) is 2.52. The summed E-state index contributed by atoms with van der Waals surface area (Å²) in [6.45, 7) is 5.83. The van der Waals surface area contributed by atoms with Gasteiger partial charge in [0, 0.05) is 39.8 Å². The van der Waals surface area contributed by atoms with Crippen LogP contribution in [0, 0.1) is 0 Å². The van der Waals surface area contributed by atoms with Crippen molar-refractivity contribution in [2.45, 2.75) is 32.4 Å². The highest BCUT2D eigenvalue weighted by molar-refractivity contribution is 5.73. The number of rotatable bonds is 6. The number of carbonyl (C=O) groups excluding carboxylic acids is 1. The van der Waals surface area contributed by atoms with E-state index in [0.717, 1.165) is 26.1 Å². The van der Waals surface area contributed by atoms with Gasteiger partial charge >= 0.3 is 6.03 Å². The van der Waals surface area contributed by atoms with Crippen LogP contribution in [0.15, 0.2) is 24.3 Å². The molecule has 1 unspecified atom stereocenters. The first-order valence-electron chi connectivity index (χ1n) is 8.02. The fourth-order valence-electron chi connectivity index (χ4n) is 2.68. The molecule has 1 aliphatic rings. The van der Waals surface area contributed by atoms with Gasteiger partial charge in [0.2, 0.25) is 0 Å². The van der Waals surface area contributed by atoms with Crippen LogP contribution < -0.4 is 5.32 Å². The van der Waals surface area contributed by atoms with Crippen molar-refractivity contribution in [1.82, 2.24) is 15.1 Å². The molecule has 1 aliphatic heterocycles. The first-order chi connectivity index (χ1) is 10.6. The smallest absolute Gasteiger partial charge is 0.317 e. The lowest BCUT2D eigenvalue weighted by atomic mass is 10.00. The van der Waals surface area contributed by atoms with Gasteiger partial charge in [-0.05, 0) is 30.9 Å². The lowest BCUT2D eigenvalue weighted by Gasteiger charge is -2.29. The van der Waals surface area contributed by atoms with E-state index in [2.05, 4.69) is 34.5 Å². The van der Waals surface area contributed by atoms with Crippen LogP contribution in [0.1, 0.15) is 24.5 Å². The number of hydrogen-bond donors (Lipinski definition) is 2. The molecule has 5 heteroatoms. The molecule has 2 N–H and O–H groups in total. The summed E-state index contributed by atoms with van der Waals surface area (Å²) >= 11 is 0. The largest absolute Gasteiger partial charge is 0.393 e. The minimum Gasteiger partial charge on any atom is -0.393 e. The Balaban J connectivity index is 1.68. The molecular formula is C17H27N3O2. The van der Waals surface area contributed by atoms with Crippen LogP contribution in [0.5, 0.6) is 0 Å². The van der Waals surface area contributed by atoms with E-state index in [9.17, 15) is 9.90 Å². The SMILES string of the molecule is CC(O)CCN(C)C(=O)NCCN1CCc2ccccc2C1. The highest BCUT2D eigenvalue weighted by Gasteiger charge is 2.15. The highest BCUT2D eigenvalue weighted by atomic mass is 16.3. The van der Waals surface area contributed by atoms with Crippen LogP contribution >= 0.6 is 0 Å². The number of aliphatic hydroxyl groups is 1. The molecule has 0 bridgehead atoms. The molecular weight excluding hydrogens is 278 g/mol. The standard InChI is InChI=1S/C17H27N3O2/c1-14(21)7-10-19(2)17(22)18-9-12-20-11-8-15-5-3-4-6-16(15)13-20/h3-6,14,21H,7-13H2,1-2H3,(H,18,22). The Labute approximate surface area is 132 Å². The molecule has 0 saturated heterocycles. The predicted molar refractivity (Wildman–Crippen MR) is 87.7 cm³/mol. The van der Waals surface area contributed by atoms with Crippen molar-refractivity contribution in [1.29, 1.82) is 0 Å². The van der Waals surface area contributed by atoms with Gasteiger partial charge in [-0.1, -0.05) is 24.3 Å². The summed E-state index contributed by atoms with van der Waals surface area (Å²) in [4.78, 5) is 15.9. The normalized spacial score (nSPS) is 16.0. The summed E-state index contributed by atoms with van der Waals surface area (Å²) in [5.74, 6) is 0. The fraction of sp³-hybridized carbons (Fsp3) is 0.588. The van der Waals surface area contributed by atoms with E-state index in [0.29, 0.717) is 19.5 Å². The summed E-state index contributed by atoms with van der Waals surface area (Å²) < 4.78 is 0. The first kappa shape index (κ1) is 16.8. The summed E-state index contributed by atoms with van der Waals surface area (Å²) in [6, 6.07) is 8.49. The van der Waals surface area contributed by atoms with Crippen LogP contribution in [-0.2, 0) is 13.0 Å². The lowest BCUT2D eigenvalue weighted by Crippen LogP contribution is -2.43. The number of nitrogens with one attached hydrogen (secondary N) is 1. The summed E-state index contributed by atoms with van der Waals surface area (Å²) in [7, 11) is 1.76. The third kappa shape index (κ3) is 5.00. The average molecular weight is 305 g/mol. The van der Waals surface area contributed by atoms with Crippen LogP contribution in [0.3, 0.4) is 0 Å². The third-order valence-electron chi connectivity index (χ3n) is 4.14. The number of fused-ring (bicyclic) bond motifs is 1. The Morgan fingerprint density at radius 1 is 1.41 bits per heavy atom. The third-order valence-corrected chi connectivity index (χ3v) is 4.14. The Morgan fingerprint density at radius 2 is 2.14 bits per heavy atom. The lowest BCUT2D eigenvalue weighted by molar-refractivity contribution is 0.162. The molecule has 2 amide bonds. The molecule has 1 heterocycles. The van der Waals surface area contributed by atoms with Crippen molar-refractivity contribution >= 4 is 6.03 Å². The molecule has 22 heavy (non-hydrogen) atoms. The number of amides is 2. The van der Waals surface area contributed by atoms with Crippen molar-refractivity contribution in [3.63, 3.8) is 0 Å². The van der Waals surface area contributed by atoms with E-state index in [-0.39, 0.29) is 12.1 Å². The van der Waals surface area contributed by atoms with Gasteiger partial charge in [-0.2, -0.15) is 0 Å². The maximum absolute atomic E-state index is 11.9. The maximum Gasteiger partial charge on any atom is 0.317 e. The van der Waals surface area contributed by atoms with Crippen molar-refractivity contribution in [3.8, 4) is 0 Å². The quantitative estimate of drug-likeness (QED) is 0.836. The number of hydrogen-bond acceptors (Lipinski definition) is 3. The van der Waals surface area contributed by atoms with E-state index < -0.39 is 0 Å². The van der Waals surface area contributed by atoms with Gasteiger partial charge in [0.05, 0.1) is 6.10 Å². The number of urea groups is 1. The zero-order valence-electron chi connectivity index (χ0n) is 13.6. The number of benzene rings is 1. The molecule has 122 valence electrons. The van der Waals surface area contributed by atoms with E-state index in [1.165, 1.54) is 11.1 Å². The zero-order chi connectivity index (χ0) is 15.9. The molecule has 1 atom stereocenters. The van der Waals surface area contributed by atoms with Gasteiger partial charge in [0.25, 0.3) is 0 Å². The van der Waals surface area contributed by atoms with E-state index in [1.54, 1.807) is 18.9 Å². The Kier molecular flexibility index (Phi) is 6.21. The van der Waals surface area contributed by atoms with Gasteiger partial charge < -0.3 is 15.3 Å². The molecule has 2 rings (SSSR count). The summed E-state index contributed by atoms with van der Waals surface area (Å²) in [5, 5.41) is 12.2. The summed E-state index contributed by atoms with van der Waals surface area (Å²) in [5.41, 5.74) is 2.84. The monoisotopic (exact) mass is 305 g/mol. The van der Waals surface area contributed by atoms with Crippen molar-refractivity contribution in [2.75, 3.05) is 33.2 Å². The van der Waals surface area contributed by atoms with Crippen LogP contribution in [0.25, 0.3) is 0 Å². The molecule has 0 radical (unpaired) electrons. The predicted octanol–water partition coefficient (Wildman–Crippen LogP) is 1.46. The Hall–Kier alpha value is -1.59. The number of aliphatic hydroxyl groups excluding tert-OH is 1. The van der Waals surface area contributed by atoms with Crippen molar-refractivity contribution in [3.05, 3.63) is 35.4 Å². The molecule has 0 aromatic heterocycles. The second-order valence-electron chi connectivity index (χ2n) is 6.09. The molecule has 0 spiro atoms. The molecule has 0 saturated carbocycles. The summed E-state index contributed by atoms with van der Waals surface area (Å²) in [6.07, 6.45) is 1.31.